The van der Waals surface area contributed by atoms with E-state index >= 15 is 0 Å². The van der Waals surface area contributed by atoms with Gasteiger partial charge in [-0.05, 0) is 17.7 Å². The highest BCUT2D eigenvalue weighted by molar-refractivity contribution is 9.09. The van der Waals surface area contributed by atoms with Gasteiger partial charge in [0, 0.05) is 10.6 Å². The third-order valence-corrected chi connectivity index (χ3v) is 4.51. The van der Waals surface area contributed by atoms with Crippen molar-refractivity contribution in [2.75, 3.05) is 0 Å². The molecule has 0 aromatic heterocycles. The highest BCUT2D eigenvalue weighted by atomic mass is 79.9. The smallest absolute Gasteiger partial charge is 0.339 e. The topological polar surface area (TPSA) is 26.3 Å². The van der Waals surface area contributed by atoms with E-state index in [4.69, 9.17) is 16.3 Å². The minimum atomic E-state index is -0.344. The van der Waals surface area contributed by atoms with E-state index in [1.54, 1.807) is 6.07 Å². The van der Waals surface area contributed by atoms with Crippen LogP contribution in [0.1, 0.15) is 32.4 Å². The summed E-state index contributed by atoms with van der Waals surface area (Å²) in [7, 11) is 0. The summed E-state index contributed by atoms with van der Waals surface area (Å²) in [6, 6.07) is 15.0. The van der Waals surface area contributed by atoms with Gasteiger partial charge >= 0.3 is 5.97 Å². The number of halogens is 2. The van der Waals surface area contributed by atoms with Crippen LogP contribution < -0.4 is 0 Å². The molecule has 1 aliphatic heterocycles. The third-order valence-electron chi connectivity index (χ3n) is 3.19. The highest BCUT2D eigenvalue weighted by Gasteiger charge is 2.36. The number of benzene rings is 2. The molecule has 1 aliphatic rings. The van der Waals surface area contributed by atoms with Crippen molar-refractivity contribution in [1.82, 2.24) is 0 Å². The van der Waals surface area contributed by atoms with Crippen LogP contribution in [-0.4, -0.2) is 5.97 Å². The van der Waals surface area contributed by atoms with Crippen LogP contribution in [0.25, 0.3) is 0 Å². The van der Waals surface area contributed by atoms with E-state index in [0.29, 0.717) is 10.6 Å². The van der Waals surface area contributed by atoms with Gasteiger partial charge in [0.2, 0.25) is 0 Å². The van der Waals surface area contributed by atoms with Gasteiger partial charge in [-0.3, -0.25) is 0 Å². The number of carbonyl (C=O) groups is 1. The van der Waals surface area contributed by atoms with Crippen LogP contribution in [0.2, 0.25) is 5.02 Å². The number of carbonyl (C=O) groups excluding carboxylic acids is 1. The molecule has 0 saturated carbocycles. The zero-order valence-corrected chi connectivity index (χ0v) is 12.2. The Morgan fingerprint density at radius 2 is 1.79 bits per heavy atom. The Kier molecular flexibility index (Phi) is 3.33. The second-order valence-corrected chi connectivity index (χ2v) is 5.73. The number of esters is 1. The lowest BCUT2D eigenvalue weighted by molar-refractivity contribution is 0.0384. The standard InChI is InChI=1S/C15H10BrClO2/c16-13(11-7-3-4-8-12(11)17)14-9-5-1-2-6-10(9)15(18)19-14/h1-8,13-14H. The number of hydrogen-bond acceptors (Lipinski definition) is 2. The molecule has 0 radical (unpaired) electrons. The molecule has 3 rings (SSSR count). The lowest BCUT2D eigenvalue weighted by Gasteiger charge is -2.19. The fourth-order valence-electron chi connectivity index (χ4n) is 2.25. The van der Waals surface area contributed by atoms with Crippen molar-refractivity contribution in [3.05, 3.63) is 70.2 Å². The van der Waals surface area contributed by atoms with Crippen LogP contribution in [0.4, 0.5) is 0 Å². The summed E-state index contributed by atoms with van der Waals surface area (Å²) >= 11 is 9.79. The molecule has 2 aromatic carbocycles. The summed E-state index contributed by atoms with van der Waals surface area (Å²) in [6.45, 7) is 0. The molecule has 2 atom stereocenters. The Labute approximate surface area is 124 Å². The van der Waals surface area contributed by atoms with E-state index in [2.05, 4.69) is 15.9 Å². The monoisotopic (exact) mass is 336 g/mol. The molecule has 0 saturated heterocycles. The Bertz CT molecular complexity index is 642. The molecule has 19 heavy (non-hydrogen) atoms. The molecule has 2 unspecified atom stereocenters. The summed E-state index contributed by atoms with van der Waals surface area (Å²) < 4.78 is 5.46. The Hall–Kier alpha value is -1.32. The molecule has 0 bridgehead atoms. The third kappa shape index (κ3) is 2.17. The van der Waals surface area contributed by atoms with Gasteiger partial charge in [0.25, 0.3) is 0 Å². The Morgan fingerprint density at radius 3 is 2.58 bits per heavy atom. The lowest BCUT2D eigenvalue weighted by Crippen LogP contribution is -2.06. The Balaban J connectivity index is 2.01. The number of alkyl halides is 1. The zero-order valence-electron chi connectivity index (χ0n) is 9.85. The summed E-state index contributed by atoms with van der Waals surface area (Å²) in [5.41, 5.74) is 2.44. The first-order valence-electron chi connectivity index (χ1n) is 5.87. The van der Waals surface area contributed by atoms with E-state index in [-0.39, 0.29) is 16.9 Å². The van der Waals surface area contributed by atoms with Crippen LogP contribution in [0.15, 0.2) is 48.5 Å². The average molecular weight is 338 g/mol. The molecule has 0 amide bonds. The van der Waals surface area contributed by atoms with Crippen molar-refractivity contribution < 1.29 is 9.53 Å². The fourth-order valence-corrected chi connectivity index (χ4v) is 3.43. The van der Waals surface area contributed by atoms with E-state index in [9.17, 15) is 4.79 Å². The minimum absolute atomic E-state index is 0.159. The van der Waals surface area contributed by atoms with Gasteiger partial charge < -0.3 is 4.74 Å². The van der Waals surface area contributed by atoms with Crippen LogP contribution in [-0.2, 0) is 4.74 Å². The normalized spacial score (nSPS) is 18.8. The SMILES string of the molecule is O=C1OC(C(Br)c2ccccc2Cl)c2ccccc21. The van der Waals surface area contributed by atoms with Crippen molar-refractivity contribution in [1.29, 1.82) is 0 Å². The zero-order chi connectivity index (χ0) is 13.4. The van der Waals surface area contributed by atoms with Gasteiger partial charge in [0.05, 0.1) is 10.4 Å². The summed E-state index contributed by atoms with van der Waals surface area (Å²) in [6.07, 6.45) is -0.344. The first-order chi connectivity index (χ1) is 9.18. The van der Waals surface area contributed by atoms with Gasteiger partial charge in [-0.15, -0.1) is 0 Å². The van der Waals surface area contributed by atoms with Crippen molar-refractivity contribution in [2.45, 2.75) is 10.9 Å². The van der Waals surface area contributed by atoms with Crippen molar-refractivity contribution >= 4 is 33.5 Å². The van der Waals surface area contributed by atoms with Gasteiger partial charge in [-0.2, -0.15) is 0 Å². The van der Waals surface area contributed by atoms with Gasteiger partial charge in [0.1, 0.15) is 6.10 Å². The first-order valence-corrected chi connectivity index (χ1v) is 7.16. The number of fused-ring (bicyclic) bond motifs is 1. The predicted octanol–water partition coefficient (Wildman–Crippen LogP) is 4.69. The van der Waals surface area contributed by atoms with Crippen LogP contribution >= 0.6 is 27.5 Å². The van der Waals surface area contributed by atoms with Crippen LogP contribution in [0.5, 0.6) is 0 Å². The summed E-state index contributed by atoms with van der Waals surface area (Å²) in [4.78, 5) is 11.7. The molecular weight excluding hydrogens is 328 g/mol. The molecule has 4 heteroatoms. The second kappa shape index (κ2) is 4.99. The molecule has 2 nitrogen and oxygen atoms in total. The molecule has 0 N–H and O–H groups in total. The second-order valence-electron chi connectivity index (χ2n) is 4.34. The van der Waals surface area contributed by atoms with Crippen molar-refractivity contribution in [2.24, 2.45) is 0 Å². The first kappa shape index (κ1) is 12.7. The number of hydrogen-bond donors (Lipinski definition) is 0. The predicted molar refractivity (Wildman–Crippen MR) is 77.7 cm³/mol. The molecule has 1 heterocycles. The molecule has 0 aliphatic carbocycles. The maximum absolute atomic E-state index is 11.8. The summed E-state index contributed by atoms with van der Waals surface area (Å²) in [5, 5.41) is 0.657. The number of cyclic esters (lactones) is 1. The quantitative estimate of drug-likeness (QED) is 0.587. The number of rotatable bonds is 2. The van der Waals surface area contributed by atoms with Crippen LogP contribution in [0.3, 0.4) is 0 Å². The Morgan fingerprint density at radius 1 is 1.11 bits per heavy atom. The molecule has 2 aromatic rings. The molecular formula is C15H10BrClO2. The number of ether oxygens (including phenoxy) is 1. The molecule has 96 valence electrons. The van der Waals surface area contributed by atoms with E-state index in [1.165, 1.54) is 0 Å². The fraction of sp³-hybridized carbons (Fsp3) is 0.133. The van der Waals surface area contributed by atoms with Gasteiger partial charge in [-0.1, -0.05) is 63.9 Å². The summed E-state index contributed by atoms with van der Waals surface area (Å²) in [5.74, 6) is -0.280. The van der Waals surface area contributed by atoms with Crippen LogP contribution in [0, 0.1) is 0 Å². The van der Waals surface area contributed by atoms with E-state index in [0.717, 1.165) is 11.1 Å². The van der Waals surface area contributed by atoms with E-state index < -0.39 is 0 Å². The minimum Gasteiger partial charge on any atom is -0.452 e. The maximum Gasteiger partial charge on any atom is 0.339 e. The molecule has 0 spiro atoms. The lowest BCUT2D eigenvalue weighted by atomic mass is 9.99. The maximum atomic E-state index is 11.8. The largest absolute Gasteiger partial charge is 0.452 e. The highest BCUT2D eigenvalue weighted by Crippen LogP contribution is 2.45. The average Bonchev–Trinajstić information content (AvgIpc) is 2.77. The van der Waals surface area contributed by atoms with Crippen molar-refractivity contribution in [3.8, 4) is 0 Å². The van der Waals surface area contributed by atoms with Crippen molar-refractivity contribution in [3.63, 3.8) is 0 Å². The van der Waals surface area contributed by atoms with Gasteiger partial charge in [0.15, 0.2) is 0 Å². The van der Waals surface area contributed by atoms with Gasteiger partial charge in [-0.25, -0.2) is 4.79 Å². The molecule has 0 fully saturated rings. The van der Waals surface area contributed by atoms with E-state index in [1.807, 2.05) is 42.5 Å².